The normalized spacial score (nSPS) is 11.4. The largest absolute Gasteiger partial charge is 0.357 e. The summed E-state index contributed by atoms with van der Waals surface area (Å²) in [4.78, 5) is 18.3. The van der Waals surface area contributed by atoms with E-state index in [1.165, 1.54) is 12.8 Å². The second-order valence-electron chi connectivity index (χ2n) is 6.53. The third-order valence-corrected chi connectivity index (χ3v) is 2.99. The Morgan fingerprint density at radius 3 is 2.43 bits per heavy atom. The zero-order valence-electron chi connectivity index (χ0n) is 15.4. The van der Waals surface area contributed by atoms with Gasteiger partial charge in [-0.15, -0.1) is 30.6 Å². The van der Waals surface area contributed by atoms with Crippen LogP contribution in [-0.2, 0) is 4.79 Å². The summed E-state index contributed by atoms with van der Waals surface area (Å²) in [7, 11) is 2.01. The molecular formula is C17H35IN4O. The molecule has 1 amide bonds. The van der Waals surface area contributed by atoms with Gasteiger partial charge in [0.25, 0.3) is 0 Å². The first-order valence-electron chi connectivity index (χ1n) is 8.21. The van der Waals surface area contributed by atoms with Crippen molar-refractivity contribution in [3.8, 4) is 0 Å². The first-order chi connectivity index (χ1) is 10.3. The summed E-state index contributed by atoms with van der Waals surface area (Å²) in [5.74, 6) is 0.734. The molecular weight excluding hydrogens is 403 g/mol. The summed E-state index contributed by atoms with van der Waals surface area (Å²) in [5.41, 5.74) is -0.220. The number of rotatable bonds is 9. The Morgan fingerprint density at radius 1 is 1.26 bits per heavy atom. The summed E-state index contributed by atoms with van der Waals surface area (Å²) >= 11 is 0. The number of carbonyl (C=O) groups excluding carboxylic acids is 1. The second kappa shape index (κ2) is 13.6. The summed E-state index contributed by atoms with van der Waals surface area (Å²) in [5, 5.41) is 6.15. The Labute approximate surface area is 159 Å². The van der Waals surface area contributed by atoms with E-state index in [0.29, 0.717) is 0 Å². The number of hydrogen-bond donors (Lipinski definition) is 2. The van der Waals surface area contributed by atoms with E-state index in [2.05, 4.69) is 27.1 Å². The SMILES string of the molecule is C=CCCCCCN(C)C(=NCC(=O)NC(C)(C)C)NCC.I. The van der Waals surface area contributed by atoms with Gasteiger partial charge in [-0.2, -0.15) is 0 Å². The van der Waals surface area contributed by atoms with Gasteiger partial charge >= 0.3 is 0 Å². The molecule has 0 aliphatic rings. The van der Waals surface area contributed by atoms with Crippen molar-refractivity contribution in [2.45, 2.75) is 58.9 Å². The maximum atomic E-state index is 11.8. The van der Waals surface area contributed by atoms with Crippen LogP contribution in [0, 0.1) is 0 Å². The van der Waals surface area contributed by atoms with Crippen molar-refractivity contribution < 1.29 is 4.79 Å². The van der Waals surface area contributed by atoms with Crippen LogP contribution in [0.15, 0.2) is 17.6 Å². The van der Waals surface area contributed by atoms with Crippen LogP contribution >= 0.6 is 24.0 Å². The Morgan fingerprint density at radius 2 is 1.91 bits per heavy atom. The predicted molar refractivity (Wildman–Crippen MR) is 111 cm³/mol. The van der Waals surface area contributed by atoms with Crippen molar-refractivity contribution in [2.24, 2.45) is 4.99 Å². The Hall–Kier alpha value is -0.790. The topological polar surface area (TPSA) is 56.7 Å². The smallest absolute Gasteiger partial charge is 0.242 e. The maximum absolute atomic E-state index is 11.8. The monoisotopic (exact) mass is 438 g/mol. The van der Waals surface area contributed by atoms with Gasteiger partial charge in [0.05, 0.1) is 0 Å². The predicted octanol–water partition coefficient (Wildman–Crippen LogP) is 3.16. The molecule has 5 nitrogen and oxygen atoms in total. The lowest BCUT2D eigenvalue weighted by molar-refractivity contribution is -0.121. The fourth-order valence-electron chi connectivity index (χ4n) is 1.99. The minimum absolute atomic E-state index is 0. The molecule has 0 aliphatic carbocycles. The van der Waals surface area contributed by atoms with Crippen LogP contribution in [0.4, 0.5) is 0 Å². The molecule has 0 heterocycles. The van der Waals surface area contributed by atoms with Gasteiger partial charge in [0.2, 0.25) is 5.91 Å². The van der Waals surface area contributed by atoms with Crippen LogP contribution in [0.2, 0.25) is 0 Å². The minimum Gasteiger partial charge on any atom is -0.357 e. The van der Waals surface area contributed by atoms with Gasteiger partial charge in [-0.1, -0.05) is 12.5 Å². The summed E-state index contributed by atoms with van der Waals surface area (Å²) < 4.78 is 0. The molecule has 0 aromatic rings. The van der Waals surface area contributed by atoms with E-state index < -0.39 is 0 Å². The van der Waals surface area contributed by atoms with E-state index in [1.54, 1.807) is 0 Å². The average Bonchev–Trinajstić information content (AvgIpc) is 2.41. The van der Waals surface area contributed by atoms with E-state index in [-0.39, 0.29) is 42.0 Å². The molecule has 0 bridgehead atoms. The highest BCUT2D eigenvalue weighted by molar-refractivity contribution is 14.0. The number of allylic oxidation sites excluding steroid dienone is 1. The third kappa shape index (κ3) is 14.5. The van der Waals surface area contributed by atoms with Crippen LogP contribution in [0.3, 0.4) is 0 Å². The van der Waals surface area contributed by atoms with Crippen LogP contribution in [0.1, 0.15) is 53.4 Å². The molecule has 0 aliphatic heterocycles. The standard InChI is InChI=1S/C17H34N4O.HI/c1-7-9-10-11-12-13-21(6)16(18-8-2)19-14-15(22)20-17(3,4)5;/h7H,1,8-14H2,2-6H3,(H,18,19)(H,20,22);1H. The first kappa shape index (κ1) is 24.5. The minimum atomic E-state index is -0.220. The Bertz CT molecular complexity index is 364. The number of nitrogens with one attached hydrogen (secondary N) is 2. The number of aliphatic imine (C=N–C) groups is 1. The Balaban J connectivity index is 0. The Kier molecular flexibility index (Phi) is 14.5. The molecule has 0 aromatic heterocycles. The number of guanidine groups is 1. The van der Waals surface area contributed by atoms with E-state index >= 15 is 0 Å². The zero-order valence-corrected chi connectivity index (χ0v) is 17.8. The molecule has 0 rings (SSSR count). The number of carbonyl (C=O) groups is 1. The van der Waals surface area contributed by atoms with E-state index in [0.717, 1.165) is 31.9 Å². The quantitative estimate of drug-likeness (QED) is 0.191. The molecule has 0 atom stereocenters. The molecule has 136 valence electrons. The molecule has 0 saturated heterocycles. The van der Waals surface area contributed by atoms with Gasteiger partial charge in [-0.25, -0.2) is 4.99 Å². The highest BCUT2D eigenvalue weighted by Gasteiger charge is 2.13. The number of nitrogens with zero attached hydrogens (tertiary/aromatic N) is 2. The van der Waals surface area contributed by atoms with Crippen LogP contribution in [0.5, 0.6) is 0 Å². The fraction of sp³-hybridized carbons (Fsp3) is 0.765. The number of hydrogen-bond acceptors (Lipinski definition) is 2. The van der Waals surface area contributed by atoms with Gasteiger partial charge < -0.3 is 15.5 Å². The van der Waals surface area contributed by atoms with Gasteiger partial charge in [-0.3, -0.25) is 4.79 Å². The van der Waals surface area contributed by atoms with Crippen LogP contribution < -0.4 is 10.6 Å². The molecule has 0 saturated carbocycles. The number of halogens is 1. The highest BCUT2D eigenvalue weighted by Crippen LogP contribution is 2.02. The molecule has 0 radical (unpaired) electrons. The lowest BCUT2D eigenvalue weighted by atomic mass is 10.1. The van der Waals surface area contributed by atoms with E-state index in [9.17, 15) is 4.79 Å². The van der Waals surface area contributed by atoms with E-state index in [1.807, 2.05) is 40.8 Å². The van der Waals surface area contributed by atoms with Crippen LogP contribution in [0.25, 0.3) is 0 Å². The summed E-state index contributed by atoms with van der Waals surface area (Å²) in [6.45, 7) is 13.5. The molecule has 23 heavy (non-hydrogen) atoms. The van der Waals surface area contributed by atoms with Gasteiger partial charge in [0.1, 0.15) is 6.54 Å². The number of unbranched alkanes of at least 4 members (excludes halogenated alkanes) is 3. The molecule has 6 heteroatoms. The summed E-state index contributed by atoms with van der Waals surface area (Å²) in [6, 6.07) is 0. The van der Waals surface area contributed by atoms with Crippen molar-refractivity contribution in [1.82, 2.24) is 15.5 Å². The van der Waals surface area contributed by atoms with Crippen molar-refractivity contribution in [2.75, 3.05) is 26.7 Å². The van der Waals surface area contributed by atoms with Crippen molar-refractivity contribution >= 4 is 35.8 Å². The average molecular weight is 438 g/mol. The summed E-state index contributed by atoms with van der Waals surface area (Å²) in [6.07, 6.45) is 6.51. The van der Waals surface area contributed by atoms with E-state index in [4.69, 9.17) is 0 Å². The third-order valence-electron chi connectivity index (χ3n) is 2.99. The molecule has 0 fully saturated rings. The van der Waals surface area contributed by atoms with Crippen molar-refractivity contribution in [3.05, 3.63) is 12.7 Å². The van der Waals surface area contributed by atoms with Crippen molar-refractivity contribution in [1.29, 1.82) is 0 Å². The lowest BCUT2D eigenvalue weighted by Gasteiger charge is -2.23. The highest BCUT2D eigenvalue weighted by atomic mass is 127. The zero-order chi connectivity index (χ0) is 17.0. The molecule has 0 aromatic carbocycles. The van der Waals surface area contributed by atoms with Gasteiger partial charge in [0.15, 0.2) is 5.96 Å². The molecule has 0 unspecified atom stereocenters. The first-order valence-corrected chi connectivity index (χ1v) is 8.21. The van der Waals surface area contributed by atoms with Gasteiger partial charge in [-0.05, 0) is 47.0 Å². The number of amides is 1. The fourth-order valence-corrected chi connectivity index (χ4v) is 1.99. The molecule has 0 spiro atoms. The second-order valence-corrected chi connectivity index (χ2v) is 6.53. The molecule has 2 N–H and O–H groups in total. The van der Waals surface area contributed by atoms with Gasteiger partial charge in [0, 0.05) is 25.7 Å². The lowest BCUT2D eigenvalue weighted by Crippen LogP contribution is -2.43. The maximum Gasteiger partial charge on any atom is 0.242 e. The van der Waals surface area contributed by atoms with Crippen molar-refractivity contribution in [3.63, 3.8) is 0 Å². The van der Waals surface area contributed by atoms with Crippen LogP contribution in [-0.4, -0.2) is 49.0 Å².